The number of benzene rings is 1. The second-order valence-electron chi connectivity index (χ2n) is 8.85. The van der Waals surface area contributed by atoms with Gasteiger partial charge in [0.2, 0.25) is 0 Å². The summed E-state index contributed by atoms with van der Waals surface area (Å²) >= 11 is 5.48. The summed E-state index contributed by atoms with van der Waals surface area (Å²) in [4.78, 5) is 18.6. The molecule has 0 amide bonds. The smallest absolute Gasteiger partial charge is 0.323 e. The summed E-state index contributed by atoms with van der Waals surface area (Å²) in [6.07, 6.45) is 2.99. The standard InChI is InChI=1S/C19H24N2OS.C8H5F3N2/c1-15(22)19(12-4-5-13-19)21(16(2)23)18-10-8-17(9-11-18)7-3-6-14-20;1-5-2-6(8(9,10)11)7(3-12)13-4-5/h8-11H,3-7,12-13H2,1-2H3;2,4H,1H3. The van der Waals surface area contributed by atoms with Crippen molar-refractivity contribution in [3.63, 3.8) is 0 Å². The zero-order valence-electron chi connectivity index (χ0n) is 20.7. The Kier molecular flexibility index (Phi) is 10.1. The van der Waals surface area contributed by atoms with Crippen molar-refractivity contribution in [2.75, 3.05) is 4.90 Å². The average Bonchev–Trinajstić information content (AvgIpc) is 3.31. The van der Waals surface area contributed by atoms with Crippen LogP contribution in [0.1, 0.15) is 74.8 Å². The van der Waals surface area contributed by atoms with Crippen molar-refractivity contribution in [2.24, 2.45) is 0 Å². The van der Waals surface area contributed by atoms with E-state index >= 15 is 0 Å². The van der Waals surface area contributed by atoms with Crippen LogP contribution >= 0.6 is 12.2 Å². The first-order chi connectivity index (χ1) is 17.0. The van der Waals surface area contributed by atoms with E-state index < -0.39 is 23.0 Å². The Bertz CT molecular complexity index is 1160. The van der Waals surface area contributed by atoms with Gasteiger partial charge >= 0.3 is 6.18 Å². The van der Waals surface area contributed by atoms with Gasteiger partial charge in [0.15, 0.2) is 11.5 Å². The van der Waals surface area contributed by atoms with Crippen LogP contribution in [0.3, 0.4) is 0 Å². The fraction of sp³-hybridized carbons (Fsp3) is 0.444. The van der Waals surface area contributed by atoms with E-state index in [1.807, 2.05) is 6.92 Å². The van der Waals surface area contributed by atoms with Gasteiger partial charge in [0.05, 0.1) is 16.6 Å². The first-order valence-corrected chi connectivity index (χ1v) is 12.1. The number of thiocarbonyl (C=S) groups is 1. The molecule has 9 heteroatoms. The number of hydrogen-bond acceptors (Lipinski definition) is 5. The molecule has 1 aliphatic rings. The molecule has 0 aliphatic heterocycles. The number of Topliss-reactive ketones (excluding diaryl/α,β-unsaturated/α-hetero) is 1. The lowest BCUT2D eigenvalue weighted by Gasteiger charge is -2.40. The third kappa shape index (κ3) is 7.11. The van der Waals surface area contributed by atoms with Crippen molar-refractivity contribution >= 4 is 28.7 Å². The lowest BCUT2D eigenvalue weighted by atomic mass is 9.89. The lowest BCUT2D eigenvalue weighted by molar-refractivity contribution is -0.138. The summed E-state index contributed by atoms with van der Waals surface area (Å²) in [5, 5.41) is 17.0. The Morgan fingerprint density at radius 3 is 2.25 bits per heavy atom. The molecule has 0 unspecified atom stereocenters. The van der Waals surface area contributed by atoms with E-state index in [9.17, 15) is 18.0 Å². The third-order valence-electron chi connectivity index (χ3n) is 6.21. The van der Waals surface area contributed by atoms with Gasteiger partial charge in [0.1, 0.15) is 11.6 Å². The van der Waals surface area contributed by atoms with Crippen LogP contribution in [0.25, 0.3) is 0 Å². The molecule has 2 aromatic rings. The summed E-state index contributed by atoms with van der Waals surface area (Å²) in [5.41, 5.74) is 0.570. The van der Waals surface area contributed by atoms with Gasteiger partial charge in [-0.25, -0.2) is 4.98 Å². The topological polar surface area (TPSA) is 80.8 Å². The molecule has 0 atom stereocenters. The van der Waals surface area contributed by atoms with Crippen molar-refractivity contribution in [3.8, 4) is 12.1 Å². The molecule has 1 aliphatic carbocycles. The molecule has 0 spiro atoms. The minimum atomic E-state index is -4.51. The molecule has 3 rings (SSSR count). The molecule has 0 saturated heterocycles. The van der Waals surface area contributed by atoms with Gasteiger partial charge in [0.25, 0.3) is 0 Å². The van der Waals surface area contributed by atoms with Gasteiger partial charge in [-0.1, -0.05) is 37.2 Å². The van der Waals surface area contributed by atoms with E-state index in [1.54, 1.807) is 6.92 Å². The maximum Gasteiger partial charge on any atom is 0.419 e. The minimum Gasteiger partial charge on any atom is -0.323 e. The van der Waals surface area contributed by atoms with E-state index in [-0.39, 0.29) is 5.78 Å². The summed E-state index contributed by atoms with van der Waals surface area (Å²) < 4.78 is 36.7. The first-order valence-electron chi connectivity index (χ1n) is 11.7. The van der Waals surface area contributed by atoms with Gasteiger partial charge in [-0.3, -0.25) is 4.79 Å². The predicted octanol–water partition coefficient (Wildman–Crippen LogP) is 6.87. The maximum atomic E-state index is 12.4. The molecular formula is C27H29F3N4OS. The van der Waals surface area contributed by atoms with Gasteiger partial charge in [-0.05, 0) is 75.8 Å². The van der Waals surface area contributed by atoms with Crippen molar-refractivity contribution < 1.29 is 18.0 Å². The van der Waals surface area contributed by atoms with Crippen molar-refractivity contribution in [1.82, 2.24) is 4.98 Å². The Balaban J connectivity index is 0.000000297. The Hall–Kier alpha value is -3.30. The zero-order chi connectivity index (χ0) is 26.9. The number of hydrogen-bond donors (Lipinski definition) is 0. The Morgan fingerprint density at radius 1 is 1.17 bits per heavy atom. The molecule has 1 fully saturated rings. The molecule has 190 valence electrons. The largest absolute Gasteiger partial charge is 0.419 e. The molecule has 1 saturated carbocycles. The van der Waals surface area contributed by atoms with Crippen LogP contribution < -0.4 is 4.90 Å². The van der Waals surface area contributed by atoms with Gasteiger partial charge in [-0.2, -0.15) is 23.7 Å². The molecule has 36 heavy (non-hydrogen) atoms. The average molecular weight is 515 g/mol. The molecule has 0 N–H and O–H groups in total. The van der Waals surface area contributed by atoms with Crippen molar-refractivity contribution in [1.29, 1.82) is 10.5 Å². The van der Waals surface area contributed by atoms with Gasteiger partial charge < -0.3 is 4.90 Å². The number of nitrogens with zero attached hydrogens (tertiary/aromatic N) is 4. The van der Waals surface area contributed by atoms with Crippen LogP contribution in [0.2, 0.25) is 0 Å². The summed E-state index contributed by atoms with van der Waals surface area (Å²) in [6.45, 7) is 5.08. The first kappa shape index (κ1) is 28.9. The van der Waals surface area contributed by atoms with Crippen LogP contribution in [0.4, 0.5) is 18.9 Å². The number of alkyl halides is 3. The van der Waals surface area contributed by atoms with Crippen LogP contribution in [0, 0.1) is 29.6 Å². The number of carbonyl (C=O) groups is 1. The van der Waals surface area contributed by atoms with Crippen LogP contribution in [0.5, 0.6) is 0 Å². The van der Waals surface area contributed by atoms with E-state index in [0.717, 1.165) is 55.3 Å². The molecule has 0 radical (unpaired) electrons. The predicted molar refractivity (Wildman–Crippen MR) is 136 cm³/mol. The number of halogens is 3. The van der Waals surface area contributed by atoms with Crippen LogP contribution in [-0.4, -0.2) is 21.3 Å². The summed E-state index contributed by atoms with van der Waals surface area (Å²) in [7, 11) is 0. The molecule has 0 bridgehead atoms. The molecular weight excluding hydrogens is 485 g/mol. The highest BCUT2D eigenvalue weighted by Gasteiger charge is 2.44. The van der Waals surface area contributed by atoms with Crippen LogP contribution in [0.15, 0.2) is 36.5 Å². The number of aromatic nitrogens is 1. The SMILES string of the molecule is CC(=O)C1(N(C(C)=S)c2ccc(CCCC#N)cc2)CCCC1.Cc1cnc(C#N)c(C(F)(F)F)c1. The number of pyridine rings is 1. The normalized spacial score (nSPS) is 14.1. The Morgan fingerprint density at radius 2 is 1.78 bits per heavy atom. The van der Waals surface area contributed by atoms with E-state index in [0.29, 0.717) is 12.0 Å². The van der Waals surface area contributed by atoms with Crippen molar-refractivity contribution in [3.05, 3.63) is 58.9 Å². The van der Waals surface area contributed by atoms with E-state index in [4.69, 9.17) is 22.7 Å². The fourth-order valence-electron chi connectivity index (χ4n) is 4.48. The van der Waals surface area contributed by atoms with Gasteiger partial charge in [0, 0.05) is 18.3 Å². The number of unbranched alkanes of at least 4 members (excludes halogenated alkanes) is 1. The maximum absolute atomic E-state index is 12.4. The third-order valence-corrected chi connectivity index (χ3v) is 6.40. The number of nitriles is 2. The molecule has 5 nitrogen and oxygen atoms in total. The highest BCUT2D eigenvalue weighted by atomic mass is 32.1. The number of ketones is 1. The summed E-state index contributed by atoms with van der Waals surface area (Å²) in [6, 6.07) is 12.8. The minimum absolute atomic E-state index is 0.206. The fourth-order valence-corrected chi connectivity index (χ4v) is 4.76. The number of anilines is 1. The quantitative estimate of drug-likeness (QED) is 0.309. The second-order valence-corrected chi connectivity index (χ2v) is 9.44. The highest BCUT2D eigenvalue weighted by molar-refractivity contribution is 7.80. The number of rotatable bonds is 6. The highest BCUT2D eigenvalue weighted by Crippen LogP contribution is 2.39. The summed E-state index contributed by atoms with van der Waals surface area (Å²) in [5.74, 6) is 0.206. The van der Waals surface area contributed by atoms with Crippen molar-refractivity contribution in [2.45, 2.75) is 77.4 Å². The monoisotopic (exact) mass is 514 g/mol. The molecule has 1 heterocycles. The van der Waals surface area contributed by atoms with E-state index in [2.05, 4.69) is 40.2 Å². The number of carbonyl (C=O) groups excluding carboxylic acids is 1. The molecule has 1 aromatic carbocycles. The molecule has 1 aromatic heterocycles. The van der Waals surface area contributed by atoms with Crippen LogP contribution in [-0.2, 0) is 17.4 Å². The lowest BCUT2D eigenvalue weighted by Crippen LogP contribution is -2.54. The Labute approximate surface area is 215 Å². The van der Waals surface area contributed by atoms with E-state index in [1.165, 1.54) is 24.8 Å². The number of aryl methyl sites for hydroxylation is 2. The second kappa shape index (κ2) is 12.6. The zero-order valence-corrected chi connectivity index (χ0v) is 21.5. The van der Waals surface area contributed by atoms with Gasteiger partial charge in [-0.15, -0.1) is 0 Å².